The van der Waals surface area contributed by atoms with Gasteiger partial charge in [0.1, 0.15) is 0 Å². The molecule has 2 atom stereocenters. The maximum absolute atomic E-state index is 13.5. The Hall–Kier alpha value is -1.09. The van der Waals surface area contributed by atoms with Crippen LogP contribution in [-0.4, -0.2) is 13.2 Å². The summed E-state index contributed by atoms with van der Waals surface area (Å²) in [6, 6.07) is 5.13. The highest BCUT2D eigenvalue weighted by Gasteiger charge is 2.10. The SMILES string of the molecule is CCC(C)CC(N)Cc1ccc(OC)c(F)c1. The summed E-state index contributed by atoms with van der Waals surface area (Å²) in [6.07, 6.45) is 2.82. The minimum atomic E-state index is -0.319. The maximum Gasteiger partial charge on any atom is 0.165 e. The van der Waals surface area contributed by atoms with Gasteiger partial charge in [0.05, 0.1) is 7.11 Å². The first-order valence-electron chi connectivity index (χ1n) is 6.14. The second-order valence-electron chi connectivity index (χ2n) is 4.68. The Labute approximate surface area is 103 Å². The van der Waals surface area contributed by atoms with Gasteiger partial charge in [0.25, 0.3) is 0 Å². The van der Waals surface area contributed by atoms with Gasteiger partial charge >= 0.3 is 0 Å². The number of rotatable bonds is 6. The van der Waals surface area contributed by atoms with Crippen LogP contribution in [0.1, 0.15) is 32.3 Å². The molecule has 0 heterocycles. The molecule has 1 rings (SSSR count). The Kier molecular flexibility index (Phi) is 5.42. The lowest BCUT2D eigenvalue weighted by atomic mass is 9.95. The molecule has 96 valence electrons. The highest BCUT2D eigenvalue weighted by atomic mass is 19.1. The zero-order chi connectivity index (χ0) is 12.8. The fraction of sp³-hybridized carbons (Fsp3) is 0.571. The van der Waals surface area contributed by atoms with Crippen molar-refractivity contribution in [2.24, 2.45) is 11.7 Å². The molecule has 0 amide bonds. The van der Waals surface area contributed by atoms with Crippen molar-refractivity contribution in [3.8, 4) is 5.75 Å². The fourth-order valence-electron chi connectivity index (χ4n) is 1.91. The number of hydrogen-bond donors (Lipinski definition) is 1. The third kappa shape index (κ3) is 4.35. The summed E-state index contributed by atoms with van der Waals surface area (Å²) in [5.41, 5.74) is 6.98. The van der Waals surface area contributed by atoms with Gasteiger partial charge in [0, 0.05) is 6.04 Å². The van der Waals surface area contributed by atoms with Crippen molar-refractivity contribution in [3.05, 3.63) is 29.6 Å². The van der Waals surface area contributed by atoms with Gasteiger partial charge in [-0.1, -0.05) is 26.3 Å². The van der Waals surface area contributed by atoms with Gasteiger partial charge in [-0.25, -0.2) is 4.39 Å². The largest absolute Gasteiger partial charge is 0.494 e. The third-order valence-electron chi connectivity index (χ3n) is 3.12. The quantitative estimate of drug-likeness (QED) is 0.827. The Morgan fingerprint density at radius 2 is 2.12 bits per heavy atom. The van der Waals surface area contributed by atoms with Crippen molar-refractivity contribution in [1.82, 2.24) is 0 Å². The molecular weight excluding hydrogens is 217 g/mol. The zero-order valence-electron chi connectivity index (χ0n) is 10.9. The number of nitrogens with two attached hydrogens (primary N) is 1. The van der Waals surface area contributed by atoms with Crippen LogP contribution in [0.25, 0.3) is 0 Å². The molecule has 0 saturated carbocycles. The average Bonchev–Trinajstić information content (AvgIpc) is 2.29. The van der Waals surface area contributed by atoms with E-state index in [0.29, 0.717) is 12.3 Å². The summed E-state index contributed by atoms with van der Waals surface area (Å²) in [6.45, 7) is 4.35. The number of halogens is 1. The molecule has 0 spiro atoms. The smallest absolute Gasteiger partial charge is 0.165 e. The molecule has 2 unspecified atom stereocenters. The van der Waals surface area contributed by atoms with Crippen molar-refractivity contribution >= 4 is 0 Å². The van der Waals surface area contributed by atoms with Crippen molar-refractivity contribution in [2.45, 2.75) is 39.2 Å². The number of benzene rings is 1. The number of hydrogen-bond acceptors (Lipinski definition) is 2. The van der Waals surface area contributed by atoms with Gasteiger partial charge in [-0.3, -0.25) is 0 Å². The van der Waals surface area contributed by atoms with Gasteiger partial charge in [-0.2, -0.15) is 0 Å². The summed E-state index contributed by atoms with van der Waals surface area (Å²) in [7, 11) is 1.47. The van der Waals surface area contributed by atoms with Crippen LogP contribution in [0.15, 0.2) is 18.2 Å². The summed E-state index contributed by atoms with van der Waals surface area (Å²) in [5, 5.41) is 0. The van der Waals surface area contributed by atoms with Crippen LogP contribution in [0.3, 0.4) is 0 Å². The molecule has 1 aromatic rings. The van der Waals surface area contributed by atoms with Crippen molar-refractivity contribution < 1.29 is 9.13 Å². The summed E-state index contributed by atoms with van der Waals surface area (Å²) in [5.74, 6) is 0.582. The van der Waals surface area contributed by atoms with E-state index in [9.17, 15) is 4.39 Å². The van der Waals surface area contributed by atoms with Crippen LogP contribution in [0.2, 0.25) is 0 Å². The number of ether oxygens (including phenoxy) is 1. The van der Waals surface area contributed by atoms with Crippen LogP contribution in [-0.2, 0) is 6.42 Å². The standard InChI is InChI=1S/C14H22FNO/c1-4-10(2)7-12(16)8-11-5-6-14(17-3)13(15)9-11/h5-6,9-10,12H,4,7-8,16H2,1-3H3. The van der Waals surface area contributed by atoms with Gasteiger partial charge in [-0.15, -0.1) is 0 Å². The molecule has 0 aliphatic rings. The molecule has 0 aliphatic carbocycles. The lowest BCUT2D eigenvalue weighted by Gasteiger charge is -2.16. The van der Waals surface area contributed by atoms with Crippen LogP contribution < -0.4 is 10.5 Å². The lowest BCUT2D eigenvalue weighted by Crippen LogP contribution is -2.25. The molecular formula is C14H22FNO. The second-order valence-corrected chi connectivity index (χ2v) is 4.68. The van der Waals surface area contributed by atoms with E-state index in [-0.39, 0.29) is 17.6 Å². The van der Waals surface area contributed by atoms with Crippen LogP contribution in [0, 0.1) is 11.7 Å². The fourth-order valence-corrected chi connectivity index (χ4v) is 1.91. The predicted octanol–water partition coefficient (Wildman–Crippen LogP) is 3.14. The maximum atomic E-state index is 13.5. The van der Waals surface area contributed by atoms with Gasteiger partial charge in [0.2, 0.25) is 0 Å². The van der Waals surface area contributed by atoms with Crippen LogP contribution >= 0.6 is 0 Å². The topological polar surface area (TPSA) is 35.2 Å². The van der Waals surface area contributed by atoms with E-state index in [0.717, 1.165) is 18.4 Å². The second kappa shape index (κ2) is 6.60. The van der Waals surface area contributed by atoms with E-state index < -0.39 is 0 Å². The highest BCUT2D eigenvalue weighted by Crippen LogP contribution is 2.19. The molecule has 0 fully saturated rings. The Morgan fingerprint density at radius 1 is 1.41 bits per heavy atom. The number of methoxy groups -OCH3 is 1. The molecule has 2 nitrogen and oxygen atoms in total. The van der Waals surface area contributed by atoms with E-state index in [4.69, 9.17) is 10.5 Å². The molecule has 0 radical (unpaired) electrons. The Morgan fingerprint density at radius 3 is 2.65 bits per heavy atom. The molecule has 1 aromatic carbocycles. The summed E-state index contributed by atoms with van der Waals surface area (Å²) < 4.78 is 18.3. The van der Waals surface area contributed by atoms with Crippen molar-refractivity contribution in [1.29, 1.82) is 0 Å². The molecule has 3 heteroatoms. The van der Waals surface area contributed by atoms with E-state index in [1.165, 1.54) is 13.2 Å². The van der Waals surface area contributed by atoms with E-state index >= 15 is 0 Å². The van der Waals surface area contributed by atoms with E-state index in [2.05, 4.69) is 13.8 Å². The average molecular weight is 239 g/mol. The molecule has 17 heavy (non-hydrogen) atoms. The van der Waals surface area contributed by atoms with Crippen molar-refractivity contribution in [3.63, 3.8) is 0 Å². The monoisotopic (exact) mass is 239 g/mol. The van der Waals surface area contributed by atoms with Gasteiger partial charge in [-0.05, 0) is 36.5 Å². The Bertz CT molecular complexity index is 354. The third-order valence-corrected chi connectivity index (χ3v) is 3.12. The van der Waals surface area contributed by atoms with Gasteiger partial charge < -0.3 is 10.5 Å². The molecule has 0 aromatic heterocycles. The Balaban J connectivity index is 2.59. The molecule has 0 saturated heterocycles. The highest BCUT2D eigenvalue weighted by molar-refractivity contribution is 5.29. The van der Waals surface area contributed by atoms with Crippen molar-refractivity contribution in [2.75, 3.05) is 7.11 Å². The van der Waals surface area contributed by atoms with E-state index in [1.54, 1.807) is 6.07 Å². The first-order chi connectivity index (χ1) is 8.06. The predicted molar refractivity (Wildman–Crippen MR) is 68.7 cm³/mol. The molecule has 2 N–H and O–H groups in total. The molecule has 0 bridgehead atoms. The minimum absolute atomic E-state index is 0.0951. The normalized spacial score (nSPS) is 14.4. The van der Waals surface area contributed by atoms with Gasteiger partial charge in [0.15, 0.2) is 11.6 Å². The zero-order valence-corrected chi connectivity index (χ0v) is 10.9. The van der Waals surface area contributed by atoms with E-state index in [1.807, 2.05) is 6.07 Å². The lowest BCUT2D eigenvalue weighted by molar-refractivity contribution is 0.385. The summed E-state index contributed by atoms with van der Waals surface area (Å²) in [4.78, 5) is 0. The first kappa shape index (κ1) is 14.0. The summed E-state index contributed by atoms with van der Waals surface area (Å²) >= 11 is 0. The molecule has 0 aliphatic heterocycles. The van der Waals surface area contributed by atoms with Crippen LogP contribution in [0.4, 0.5) is 4.39 Å². The van der Waals surface area contributed by atoms with Crippen LogP contribution in [0.5, 0.6) is 5.75 Å². The first-order valence-corrected chi connectivity index (χ1v) is 6.14. The minimum Gasteiger partial charge on any atom is -0.494 e.